The molecule has 4 rings (SSSR count). The van der Waals surface area contributed by atoms with Crippen molar-refractivity contribution in [3.8, 4) is 5.75 Å². The number of nitrogens with one attached hydrogen (secondary N) is 1. The van der Waals surface area contributed by atoms with Crippen LogP contribution in [0.4, 0.5) is 5.69 Å². The van der Waals surface area contributed by atoms with Gasteiger partial charge in [0, 0.05) is 29.6 Å². The highest BCUT2D eigenvalue weighted by Gasteiger charge is 2.23. The van der Waals surface area contributed by atoms with Gasteiger partial charge in [0.05, 0.1) is 5.02 Å². The molecule has 0 saturated heterocycles. The molecule has 1 N–H and O–H groups in total. The van der Waals surface area contributed by atoms with E-state index in [-0.39, 0.29) is 27.2 Å². The summed E-state index contributed by atoms with van der Waals surface area (Å²) in [5.74, 6) is -0.404. The molecule has 1 aliphatic carbocycles. The Labute approximate surface area is 171 Å². The zero-order chi connectivity index (χ0) is 20.8. The topological polar surface area (TPSA) is 103 Å². The number of hydrogen-bond donors (Lipinski definition) is 1. The van der Waals surface area contributed by atoms with Crippen molar-refractivity contribution in [1.82, 2.24) is 0 Å². The van der Waals surface area contributed by atoms with E-state index in [2.05, 4.69) is 5.32 Å². The molecule has 1 aliphatic rings. The summed E-state index contributed by atoms with van der Waals surface area (Å²) < 4.78 is 35.8. The predicted molar refractivity (Wildman–Crippen MR) is 108 cm³/mol. The maximum Gasteiger partial charge on any atom is 0.339 e. The molecule has 0 fully saturated rings. The van der Waals surface area contributed by atoms with Gasteiger partial charge in [-0.05, 0) is 55.2 Å². The summed E-state index contributed by atoms with van der Waals surface area (Å²) in [5, 5.41) is 3.33. The highest BCUT2D eigenvalue weighted by molar-refractivity contribution is 7.87. The van der Waals surface area contributed by atoms with Crippen LogP contribution in [0, 0.1) is 0 Å². The standard InChI is InChI=1S/C20H16ClNO6S/c1-11(23)22-12-5-7-13(8-6-12)29(25,26)28-19-10-18-16(9-17(19)21)14-3-2-4-15(14)20(24)27-18/h5-10H,2-4H2,1H3,(H,22,23). The summed E-state index contributed by atoms with van der Waals surface area (Å²) in [6.07, 6.45) is 2.26. The van der Waals surface area contributed by atoms with Crippen molar-refractivity contribution in [3.63, 3.8) is 0 Å². The number of amides is 1. The Balaban J connectivity index is 1.70. The molecule has 1 aromatic heterocycles. The molecule has 0 atom stereocenters. The van der Waals surface area contributed by atoms with Gasteiger partial charge < -0.3 is 13.9 Å². The second kappa shape index (κ2) is 7.20. The fraction of sp³-hybridized carbons (Fsp3) is 0.200. The highest BCUT2D eigenvalue weighted by Crippen LogP contribution is 2.36. The van der Waals surface area contributed by atoms with Gasteiger partial charge in [-0.15, -0.1) is 0 Å². The molecule has 1 amide bonds. The van der Waals surface area contributed by atoms with E-state index in [1.54, 1.807) is 6.07 Å². The van der Waals surface area contributed by atoms with Gasteiger partial charge in [0.15, 0.2) is 5.75 Å². The molecule has 9 heteroatoms. The first-order valence-corrected chi connectivity index (χ1v) is 10.6. The lowest BCUT2D eigenvalue weighted by Gasteiger charge is -2.11. The zero-order valence-electron chi connectivity index (χ0n) is 15.3. The van der Waals surface area contributed by atoms with Gasteiger partial charge in [-0.25, -0.2) is 4.79 Å². The molecule has 7 nitrogen and oxygen atoms in total. The quantitative estimate of drug-likeness (QED) is 0.497. The van der Waals surface area contributed by atoms with Gasteiger partial charge in [-0.3, -0.25) is 4.79 Å². The van der Waals surface area contributed by atoms with E-state index >= 15 is 0 Å². The fourth-order valence-corrected chi connectivity index (χ4v) is 4.61. The molecular weight excluding hydrogens is 418 g/mol. The van der Waals surface area contributed by atoms with Gasteiger partial charge in [0.2, 0.25) is 5.91 Å². The molecule has 1 heterocycles. The number of benzene rings is 2. The molecule has 0 spiro atoms. The third kappa shape index (κ3) is 3.73. The zero-order valence-corrected chi connectivity index (χ0v) is 16.9. The molecule has 0 saturated carbocycles. The Bertz CT molecular complexity index is 1300. The van der Waals surface area contributed by atoms with Crippen LogP contribution in [-0.2, 0) is 27.8 Å². The summed E-state index contributed by atoms with van der Waals surface area (Å²) in [7, 11) is -4.19. The Morgan fingerprint density at radius 2 is 1.83 bits per heavy atom. The maximum atomic E-state index is 12.6. The summed E-state index contributed by atoms with van der Waals surface area (Å²) in [5.41, 5.74) is 1.80. The van der Waals surface area contributed by atoms with Crippen LogP contribution in [0.1, 0.15) is 24.5 Å². The van der Waals surface area contributed by atoms with Crippen LogP contribution >= 0.6 is 11.6 Å². The molecule has 150 valence electrons. The van der Waals surface area contributed by atoms with Gasteiger partial charge >= 0.3 is 15.7 Å². The average molecular weight is 434 g/mol. The van der Waals surface area contributed by atoms with Crippen molar-refractivity contribution >= 4 is 44.3 Å². The number of fused-ring (bicyclic) bond motifs is 3. The predicted octanol–water partition coefficient (Wildman–Crippen LogP) is 3.66. The number of carbonyl (C=O) groups excluding carboxylic acids is 1. The van der Waals surface area contributed by atoms with E-state index in [0.717, 1.165) is 18.4 Å². The number of hydrogen-bond acceptors (Lipinski definition) is 6. The lowest BCUT2D eigenvalue weighted by Crippen LogP contribution is -2.11. The van der Waals surface area contributed by atoms with Crippen molar-refractivity contribution in [2.24, 2.45) is 0 Å². The van der Waals surface area contributed by atoms with Gasteiger partial charge in [-0.1, -0.05) is 11.6 Å². The molecule has 0 bridgehead atoms. The van der Waals surface area contributed by atoms with Crippen LogP contribution in [-0.4, -0.2) is 14.3 Å². The van der Waals surface area contributed by atoms with E-state index in [1.165, 1.54) is 37.3 Å². The fourth-order valence-electron chi connectivity index (χ4n) is 3.42. The molecule has 2 aromatic carbocycles. The van der Waals surface area contributed by atoms with E-state index in [1.807, 2.05) is 0 Å². The second-order valence-corrected chi connectivity index (χ2v) is 8.68. The smallest absolute Gasteiger partial charge is 0.339 e. The van der Waals surface area contributed by atoms with Crippen molar-refractivity contribution in [2.45, 2.75) is 31.1 Å². The van der Waals surface area contributed by atoms with Crippen LogP contribution in [0.2, 0.25) is 5.02 Å². The molecule has 0 radical (unpaired) electrons. The van der Waals surface area contributed by atoms with E-state index in [4.69, 9.17) is 20.2 Å². The SMILES string of the molecule is CC(=O)Nc1ccc(S(=O)(=O)Oc2cc3oc(=O)c4c(c3cc2Cl)CCC4)cc1. The van der Waals surface area contributed by atoms with E-state index in [0.29, 0.717) is 23.1 Å². The molecular formula is C20H16ClNO6S. The normalized spacial score (nSPS) is 13.3. The molecule has 0 aliphatic heterocycles. The Morgan fingerprint density at radius 3 is 2.52 bits per heavy atom. The lowest BCUT2D eigenvalue weighted by atomic mass is 10.1. The van der Waals surface area contributed by atoms with Gasteiger partial charge in [0.1, 0.15) is 10.5 Å². The minimum Gasteiger partial charge on any atom is -0.422 e. The van der Waals surface area contributed by atoms with E-state index < -0.39 is 15.7 Å². The highest BCUT2D eigenvalue weighted by atomic mass is 35.5. The second-order valence-electron chi connectivity index (χ2n) is 6.72. The monoisotopic (exact) mass is 433 g/mol. The average Bonchev–Trinajstić information content (AvgIpc) is 3.14. The van der Waals surface area contributed by atoms with Crippen LogP contribution < -0.4 is 15.1 Å². The first-order valence-electron chi connectivity index (χ1n) is 8.85. The van der Waals surface area contributed by atoms with Crippen LogP contribution in [0.3, 0.4) is 0 Å². The van der Waals surface area contributed by atoms with Crippen molar-refractivity contribution < 1.29 is 21.8 Å². The van der Waals surface area contributed by atoms with Crippen molar-refractivity contribution in [1.29, 1.82) is 0 Å². The lowest BCUT2D eigenvalue weighted by molar-refractivity contribution is -0.114. The molecule has 3 aromatic rings. The van der Waals surface area contributed by atoms with Crippen LogP contribution in [0.25, 0.3) is 11.0 Å². The number of rotatable bonds is 4. The maximum absolute atomic E-state index is 12.6. The number of halogens is 1. The summed E-state index contributed by atoms with van der Waals surface area (Å²) >= 11 is 6.26. The number of anilines is 1. The molecule has 0 unspecified atom stereocenters. The number of carbonyl (C=O) groups is 1. The number of aryl methyl sites for hydroxylation is 1. The van der Waals surface area contributed by atoms with Gasteiger partial charge in [0.25, 0.3) is 0 Å². The third-order valence-electron chi connectivity index (χ3n) is 4.69. The van der Waals surface area contributed by atoms with Crippen LogP contribution in [0.5, 0.6) is 5.75 Å². The largest absolute Gasteiger partial charge is 0.422 e. The minimum atomic E-state index is -4.19. The van der Waals surface area contributed by atoms with E-state index in [9.17, 15) is 18.0 Å². The summed E-state index contributed by atoms with van der Waals surface area (Å²) in [6.45, 7) is 1.35. The Morgan fingerprint density at radius 1 is 1.14 bits per heavy atom. The van der Waals surface area contributed by atoms with Crippen LogP contribution in [0.15, 0.2) is 50.5 Å². The Hall–Kier alpha value is -2.84. The third-order valence-corrected chi connectivity index (χ3v) is 6.23. The Kier molecular flexibility index (Phi) is 4.84. The summed E-state index contributed by atoms with van der Waals surface area (Å²) in [4.78, 5) is 23.1. The van der Waals surface area contributed by atoms with Crippen molar-refractivity contribution in [2.75, 3.05) is 5.32 Å². The van der Waals surface area contributed by atoms with Crippen molar-refractivity contribution in [3.05, 3.63) is 63.0 Å². The minimum absolute atomic E-state index is 0.0962. The summed E-state index contributed by atoms with van der Waals surface area (Å²) in [6, 6.07) is 8.39. The van der Waals surface area contributed by atoms with Gasteiger partial charge in [-0.2, -0.15) is 8.42 Å². The first-order chi connectivity index (χ1) is 13.7. The first kappa shape index (κ1) is 19.5. The molecule has 29 heavy (non-hydrogen) atoms.